The van der Waals surface area contributed by atoms with Gasteiger partial charge in [-0.05, 0) is 31.4 Å². The number of nitrogens with zero attached hydrogens (tertiary/aromatic N) is 3. The molecule has 0 bridgehead atoms. The number of nitrogens with one attached hydrogen (secondary N) is 2. The van der Waals surface area contributed by atoms with Gasteiger partial charge in [-0.3, -0.25) is 0 Å². The smallest absolute Gasteiger partial charge is 0.256 e. The zero-order valence-electron chi connectivity index (χ0n) is 20.3. The van der Waals surface area contributed by atoms with Gasteiger partial charge in [0.15, 0.2) is 21.1 Å². The van der Waals surface area contributed by atoms with Gasteiger partial charge in [0.2, 0.25) is 11.6 Å². The Kier molecular flexibility index (Phi) is 7.95. The van der Waals surface area contributed by atoms with E-state index < -0.39 is 21.2 Å². The summed E-state index contributed by atoms with van der Waals surface area (Å²) < 4.78 is 47.5. The second kappa shape index (κ2) is 10.1. The number of aryl methyl sites for hydroxylation is 2. The number of hydrogen-bond acceptors (Lipinski definition) is 10. The Balaban J connectivity index is 1.98. The number of rotatable bonds is 9. The minimum atomic E-state index is -3.85. The van der Waals surface area contributed by atoms with Crippen molar-refractivity contribution in [2.45, 2.75) is 58.7 Å². The normalized spacial score (nSPS) is 14.0. The van der Waals surface area contributed by atoms with E-state index in [4.69, 9.17) is 0 Å². The van der Waals surface area contributed by atoms with Crippen molar-refractivity contribution in [1.82, 2.24) is 13.1 Å². The summed E-state index contributed by atoms with van der Waals surface area (Å²) in [6, 6.07) is 3.97. The van der Waals surface area contributed by atoms with Gasteiger partial charge in [0.25, 0.3) is 10.0 Å². The van der Waals surface area contributed by atoms with Crippen LogP contribution in [0.4, 0.5) is 17.3 Å². The molecule has 13 heteroatoms. The van der Waals surface area contributed by atoms with Crippen LogP contribution in [-0.2, 0) is 10.0 Å². The third-order valence-corrected chi connectivity index (χ3v) is 10.7. The van der Waals surface area contributed by atoms with Crippen LogP contribution in [0.3, 0.4) is 0 Å². The maximum atomic E-state index is 13.0. The summed E-state index contributed by atoms with van der Waals surface area (Å²) in [5, 5.41) is 17.2. The van der Waals surface area contributed by atoms with Gasteiger partial charge < -0.3 is 20.3 Å². The molecule has 0 fully saturated rings. The lowest BCUT2D eigenvalue weighted by molar-refractivity contribution is 0.351. The van der Waals surface area contributed by atoms with Crippen molar-refractivity contribution in [3.63, 3.8) is 0 Å². The molecule has 3 rings (SSSR count). The molecule has 3 aromatic rings. The van der Waals surface area contributed by atoms with E-state index in [1.807, 2.05) is 13.0 Å². The highest BCUT2D eigenvalue weighted by atomic mass is 32.2. The zero-order valence-corrected chi connectivity index (χ0v) is 23.6. The van der Waals surface area contributed by atoms with Gasteiger partial charge in [-0.1, -0.05) is 34.6 Å². The summed E-state index contributed by atoms with van der Waals surface area (Å²) in [6.07, 6.45) is 0. The van der Waals surface area contributed by atoms with Crippen LogP contribution in [0.15, 0.2) is 16.3 Å². The van der Waals surface area contributed by atoms with Crippen LogP contribution >= 0.6 is 33.8 Å². The van der Waals surface area contributed by atoms with E-state index >= 15 is 0 Å². The van der Waals surface area contributed by atoms with Crippen molar-refractivity contribution in [3.05, 3.63) is 26.8 Å². The molecule has 34 heavy (non-hydrogen) atoms. The Labute approximate surface area is 212 Å². The summed E-state index contributed by atoms with van der Waals surface area (Å²) in [4.78, 5) is 2.84. The molecule has 0 saturated heterocycles. The molecule has 0 aliphatic heterocycles. The van der Waals surface area contributed by atoms with Gasteiger partial charge in [0.1, 0.15) is 0 Å². The Morgan fingerprint density at radius 3 is 2.29 bits per heavy atom. The first-order valence-corrected chi connectivity index (χ1v) is 14.9. The van der Waals surface area contributed by atoms with Crippen molar-refractivity contribution in [3.8, 4) is 5.75 Å². The summed E-state index contributed by atoms with van der Waals surface area (Å²) in [6.45, 7) is 14.1. The Morgan fingerprint density at radius 1 is 1.15 bits per heavy atom. The molecular weight excluding hydrogens is 515 g/mol. The topological polar surface area (TPSA) is 131 Å². The average molecular weight is 546 g/mol. The van der Waals surface area contributed by atoms with Gasteiger partial charge in [-0.15, -0.1) is 22.7 Å². The fourth-order valence-corrected chi connectivity index (χ4v) is 8.43. The van der Waals surface area contributed by atoms with Gasteiger partial charge in [-0.25, -0.2) is 8.42 Å². The van der Waals surface area contributed by atoms with Crippen LogP contribution in [0.1, 0.15) is 55.3 Å². The molecule has 2 atom stereocenters. The summed E-state index contributed by atoms with van der Waals surface area (Å²) in [5.41, 5.74) is 0.0163. The molecule has 9 nitrogen and oxygen atoms in total. The van der Waals surface area contributed by atoms with E-state index in [0.717, 1.165) is 16.2 Å². The molecule has 0 amide bonds. The first-order chi connectivity index (χ1) is 15.8. The van der Waals surface area contributed by atoms with Gasteiger partial charge in [-0.2, -0.15) is 4.31 Å². The van der Waals surface area contributed by atoms with E-state index in [-0.39, 0.29) is 32.9 Å². The quantitative estimate of drug-likeness (QED) is 0.295. The highest BCUT2D eigenvalue weighted by Crippen LogP contribution is 2.46. The van der Waals surface area contributed by atoms with Crippen molar-refractivity contribution >= 4 is 61.2 Å². The first-order valence-electron chi connectivity index (χ1n) is 10.8. The Bertz CT molecular complexity index is 1250. The predicted octanol–water partition coefficient (Wildman–Crippen LogP) is 5.62. The lowest BCUT2D eigenvalue weighted by atomic mass is 9.86. The molecule has 0 radical (unpaired) electrons. The minimum absolute atomic E-state index is 0.135. The van der Waals surface area contributed by atoms with Crippen LogP contribution in [0.25, 0.3) is 0 Å². The van der Waals surface area contributed by atoms with Crippen molar-refractivity contribution in [2.24, 2.45) is 5.41 Å². The molecule has 0 aromatic carbocycles. The Morgan fingerprint density at radius 2 is 1.76 bits per heavy atom. The maximum Gasteiger partial charge on any atom is 0.256 e. The molecule has 3 aromatic heterocycles. The first kappa shape index (κ1) is 26.8. The second-order valence-electron chi connectivity index (χ2n) is 8.89. The van der Waals surface area contributed by atoms with Crippen LogP contribution < -0.4 is 10.6 Å². The monoisotopic (exact) mass is 545 g/mol. The lowest BCUT2D eigenvalue weighted by Crippen LogP contribution is -2.30. The van der Waals surface area contributed by atoms with E-state index in [9.17, 15) is 18.1 Å². The number of hydrogen-bond donors (Lipinski definition) is 3. The van der Waals surface area contributed by atoms with Crippen molar-refractivity contribution in [1.29, 1.82) is 0 Å². The lowest BCUT2D eigenvalue weighted by Gasteiger charge is -2.30. The highest BCUT2D eigenvalue weighted by molar-refractivity contribution is 7.91. The van der Waals surface area contributed by atoms with E-state index in [2.05, 4.69) is 46.2 Å². The van der Waals surface area contributed by atoms with E-state index in [1.165, 1.54) is 9.18 Å². The predicted molar refractivity (Wildman–Crippen MR) is 140 cm³/mol. The van der Waals surface area contributed by atoms with Crippen LogP contribution in [0, 0.1) is 19.3 Å². The van der Waals surface area contributed by atoms with Gasteiger partial charge >= 0.3 is 0 Å². The minimum Gasteiger partial charge on any atom is -0.546 e. The van der Waals surface area contributed by atoms with Crippen LogP contribution in [-0.4, -0.2) is 44.2 Å². The third-order valence-electron chi connectivity index (χ3n) is 5.31. The zero-order chi connectivity index (χ0) is 25.4. The van der Waals surface area contributed by atoms with Crippen molar-refractivity contribution < 1.29 is 18.1 Å². The molecule has 3 heterocycles. The molecule has 188 valence electrons. The summed E-state index contributed by atoms with van der Waals surface area (Å²) in [5.74, 6) is 0.0988. The van der Waals surface area contributed by atoms with Gasteiger partial charge in [0, 0.05) is 36.5 Å². The van der Waals surface area contributed by atoms with E-state index in [0.29, 0.717) is 23.8 Å². The highest BCUT2D eigenvalue weighted by Gasteiger charge is 2.33. The third kappa shape index (κ3) is 5.39. The largest absolute Gasteiger partial charge is 0.546 e. The van der Waals surface area contributed by atoms with Crippen molar-refractivity contribution in [2.75, 3.05) is 23.7 Å². The number of thiophene rings is 2. The number of sulfonamides is 1. The number of aromatic nitrogens is 2. The molecule has 1 unspecified atom stereocenters. The standard InChI is InChI=1S/C21H31N5O4S4/c1-8-26(9-2)34(29,30)20-16(27)15(13(4)32-20)22-18-19(25-33(28)24-18)23-17(21(5,6)7)14-11-10-12(3)31-14/h10-11,17,27H,8-9H2,1-7H3,(H,22,24)(H,23,25)/t17-,33?/m0/s1. The van der Waals surface area contributed by atoms with E-state index in [1.54, 1.807) is 32.1 Å². The molecular formula is C21H31N5O4S4. The second-order valence-corrected chi connectivity index (χ2v) is 14.4. The molecule has 0 saturated carbocycles. The van der Waals surface area contributed by atoms with Crippen LogP contribution in [0.2, 0.25) is 0 Å². The number of aromatic hydroxyl groups is 1. The summed E-state index contributed by atoms with van der Waals surface area (Å²) >= 11 is 0.810. The maximum absolute atomic E-state index is 13.0. The van der Waals surface area contributed by atoms with Gasteiger partial charge in [0.05, 0.1) is 11.7 Å². The molecule has 0 aliphatic carbocycles. The average Bonchev–Trinajstić information content (AvgIpc) is 3.39. The number of anilines is 3. The Hall–Kier alpha value is -1.77. The SMILES string of the molecule is CCN(CC)S(=O)(=O)c1sc(C)c(Nc2n[s+]([O-])nc2N[C@@H](c2ccc(C)s2)C(C)(C)C)c1O. The fraction of sp³-hybridized carbons (Fsp3) is 0.524. The molecule has 0 aliphatic rings. The summed E-state index contributed by atoms with van der Waals surface area (Å²) in [7, 11) is -3.85. The molecule has 3 N–H and O–H groups in total. The molecule has 0 spiro atoms. The fourth-order valence-electron chi connectivity index (χ4n) is 3.53. The van der Waals surface area contributed by atoms with Crippen LogP contribution in [0.5, 0.6) is 5.75 Å².